The second-order valence-corrected chi connectivity index (χ2v) is 6.45. The first-order valence-corrected chi connectivity index (χ1v) is 8.80. The highest BCUT2D eigenvalue weighted by atomic mass is 16.5. The number of nitrogens with zero attached hydrogens (tertiary/aromatic N) is 5. The lowest BCUT2D eigenvalue weighted by atomic mass is 10.2. The fourth-order valence-electron chi connectivity index (χ4n) is 2.72. The van der Waals surface area contributed by atoms with Crippen LogP contribution in [0.25, 0.3) is 17.3 Å². The zero-order chi connectivity index (χ0) is 18.1. The molecule has 1 aliphatic carbocycles. The summed E-state index contributed by atoms with van der Waals surface area (Å²) < 4.78 is 7.02. The van der Waals surface area contributed by atoms with Crippen molar-refractivity contribution in [2.45, 2.75) is 39.0 Å². The number of hydrogen-bond donors (Lipinski definition) is 1. The Bertz CT molecular complexity index is 941. The molecule has 26 heavy (non-hydrogen) atoms. The van der Waals surface area contributed by atoms with Crippen LogP contribution in [0.5, 0.6) is 0 Å². The van der Waals surface area contributed by atoms with Crippen molar-refractivity contribution in [3.8, 4) is 17.3 Å². The zero-order valence-corrected chi connectivity index (χ0v) is 14.8. The molecule has 1 saturated carbocycles. The van der Waals surface area contributed by atoms with Gasteiger partial charge in [-0.1, -0.05) is 12.1 Å². The molecule has 3 aromatic rings. The molecule has 0 aliphatic heterocycles. The van der Waals surface area contributed by atoms with Gasteiger partial charge < -0.3 is 9.84 Å². The Balaban J connectivity index is 1.62. The van der Waals surface area contributed by atoms with Crippen LogP contribution < -0.4 is 5.32 Å². The van der Waals surface area contributed by atoms with Gasteiger partial charge in [-0.15, -0.1) is 0 Å². The van der Waals surface area contributed by atoms with E-state index < -0.39 is 0 Å². The van der Waals surface area contributed by atoms with Crippen molar-refractivity contribution in [3.63, 3.8) is 0 Å². The monoisotopic (exact) mass is 352 g/mol. The third kappa shape index (κ3) is 3.10. The largest absolute Gasteiger partial charge is 0.352 e. The van der Waals surface area contributed by atoms with Crippen molar-refractivity contribution in [3.05, 3.63) is 41.6 Å². The fraction of sp³-hybridized carbons (Fsp3) is 0.389. The van der Waals surface area contributed by atoms with Crippen molar-refractivity contribution < 1.29 is 9.32 Å². The maximum absolute atomic E-state index is 12.2. The molecule has 0 saturated heterocycles. The van der Waals surface area contributed by atoms with Gasteiger partial charge in [-0.3, -0.25) is 4.79 Å². The Kier molecular flexibility index (Phi) is 4.24. The first-order valence-electron chi connectivity index (χ1n) is 8.80. The highest BCUT2D eigenvalue weighted by Crippen LogP contribution is 2.38. The molecule has 134 valence electrons. The van der Waals surface area contributed by atoms with Crippen LogP contribution in [0.4, 0.5) is 0 Å². The lowest BCUT2D eigenvalue weighted by Crippen LogP contribution is -2.24. The second kappa shape index (κ2) is 6.70. The number of pyridine rings is 1. The third-order valence-electron chi connectivity index (χ3n) is 4.38. The predicted octanol–water partition coefficient (Wildman–Crippen LogP) is 2.64. The molecule has 0 aromatic carbocycles. The first kappa shape index (κ1) is 16.4. The molecule has 1 fully saturated rings. The van der Waals surface area contributed by atoms with Crippen LogP contribution in [0.2, 0.25) is 0 Å². The lowest BCUT2D eigenvalue weighted by molar-refractivity contribution is 0.0953. The minimum atomic E-state index is -0.127. The van der Waals surface area contributed by atoms with Gasteiger partial charge >= 0.3 is 0 Å². The van der Waals surface area contributed by atoms with E-state index in [0.717, 1.165) is 36.3 Å². The number of amides is 1. The molecule has 1 N–H and O–H groups in total. The Morgan fingerprint density at radius 3 is 3.04 bits per heavy atom. The Labute approximate surface area is 150 Å². The van der Waals surface area contributed by atoms with Gasteiger partial charge in [-0.2, -0.15) is 10.1 Å². The van der Waals surface area contributed by atoms with E-state index in [0.29, 0.717) is 29.7 Å². The lowest BCUT2D eigenvalue weighted by Gasteiger charge is -2.06. The molecular weight excluding hydrogens is 332 g/mol. The number of rotatable bonds is 6. The van der Waals surface area contributed by atoms with Crippen LogP contribution in [0, 0.1) is 6.92 Å². The number of carbonyl (C=O) groups is 1. The van der Waals surface area contributed by atoms with E-state index in [9.17, 15) is 4.79 Å². The average Bonchev–Trinajstić information content (AvgIpc) is 3.26. The quantitative estimate of drug-likeness (QED) is 0.732. The maximum Gasteiger partial charge on any atom is 0.258 e. The molecule has 0 atom stereocenters. The maximum atomic E-state index is 12.2. The van der Waals surface area contributed by atoms with Crippen LogP contribution in [-0.2, 0) is 0 Å². The Morgan fingerprint density at radius 1 is 1.42 bits per heavy atom. The summed E-state index contributed by atoms with van der Waals surface area (Å²) in [6.45, 7) is 4.50. The topological polar surface area (TPSA) is 98.7 Å². The van der Waals surface area contributed by atoms with Crippen molar-refractivity contribution in [2.75, 3.05) is 6.54 Å². The van der Waals surface area contributed by atoms with Gasteiger partial charge in [-0.25, -0.2) is 9.67 Å². The van der Waals surface area contributed by atoms with Crippen LogP contribution in [-0.4, -0.2) is 37.4 Å². The summed E-state index contributed by atoms with van der Waals surface area (Å²) in [6.07, 6.45) is 6.36. The van der Waals surface area contributed by atoms with Crippen molar-refractivity contribution in [2.24, 2.45) is 0 Å². The van der Waals surface area contributed by atoms with Gasteiger partial charge in [0.2, 0.25) is 0 Å². The van der Waals surface area contributed by atoms with E-state index in [1.54, 1.807) is 17.1 Å². The SMILES string of the molecule is CCCNC(=O)c1cnn(-c2cc(-c3nc(C4CC4)no3)ccn2)c1C. The Hall–Kier alpha value is -3.03. The number of carbonyl (C=O) groups excluding carboxylic acids is 1. The normalized spacial score (nSPS) is 13.8. The summed E-state index contributed by atoms with van der Waals surface area (Å²) in [6, 6.07) is 3.65. The van der Waals surface area contributed by atoms with Crippen LogP contribution in [0.1, 0.15) is 54.0 Å². The second-order valence-electron chi connectivity index (χ2n) is 6.45. The molecule has 3 heterocycles. The van der Waals surface area contributed by atoms with E-state index in [-0.39, 0.29) is 5.91 Å². The molecule has 1 aliphatic rings. The van der Waals surface area contributed by atoms with E-state index >= 15 is 0 Å². The molecular formula is C18H20N6O2. The van der Waals surface area contributed by atoms with Gasteiger partial charge in [0.1, 0.15) is 0 Å². The number of hydrogen-bond acceptors (Lipinski definition) is 6. The number of aromatic nitrogens is 5. The summed E-state index contributed by atoms with van der Waals surface area (Å²) in [7, 11) is 0. The Morgan fingerprint density at radius 2 is 2.27 bits per heavy atom. The van der Waals surface area contributed by atoms with Crippen molar-refractivity contribution in [1.29, 1.82) is 0 Å². The minimum Gasteiger partial charge on any atom is -0.352 e. The van der Waals surface area contributed by atoms with E-state index in [2.05, 4.69) is 25.5 Å². The van der Waals surface area contributed by atoms with Gasteiger partial charge in [0, 0.05) is 24.2 Å². The molecule has 0 radical (unpaired) electrons. The molecule has 0 spiro atoms. The fourth-order valence-corrected chi connectivity index (χ4v) is 2.72. The van der Waals surface area contributed by atoms with Gasteiger partial charge in [0.05, 0.1) is 17.5 Å². The highest BCUT2D eigenvalue weighted by molar-refractivity contribution is 5.95. The molecule has 8 nitrogen and oxygen atoms in total. The molecule has 0 unspecified atom stereocenters. The van der Waals surface area contributed by atoms with Gasteiger partial charge in [0.25, 0.3) is 11.8 Å². The first-order chi connectivity index (χ1) is 12.7. The molecule has 8 heteroatoms. The zero-order valence-electron chi connectivity index (χ0n) is 14.8. The molecule has 0 bridgehead atoms. The summed E-state index contributed by atoms with van der Waals surface area (Å²) in [5, 5.41) is 11.2. The third-order valence-corrected chi connectivity index (χ3v) is 4.38. The van der Waals surface area contributed by atoms with Crippen LogP contribution in [0.3, 0.4) is 0 Å². The standard InChI is InChI=1S/C18H20N6O2/c1-3-7-20-17(25)14-10-21-24(11(14)2)15-9-13(6-8-19-15)18-22-16(23-26-18)12-4-5-12/h6,8-10,12H,3-5,7H2,1-2H3,(H,20,25). The van der Waals surface area contributed by atoms with Crippen LogP contribution >= 0.6 is 0 Å². The van der Waals surface area contributed by atoms with Gasteiger partial charge in [0.15, 0.2) is 11.6 Å². The smallest absolute Gasteiger partial charge is 0.258 e. The highest BCUT2D eigenvalue weighted by Gasteiger charge is 2.29. The van der Waals surface area contributed by atoms with Crippen molar-refractivity contribution in [1.82, 2.24) is 30.2 Å². The van der Waals surface area contributed by atoms with Gasteiger partial charge in [-0.05, 0) is 38.3 Å². The summed E-state index contributed by atoms with van der Waals surface area (Å²) in [5.74, 6) is 2.15. The summed E-state index contributed by atoms with van der Waals surface area (Å²) >= 11 is 0. The van der Waals surface area contributed by atoms with E-state index in [4.69, 9.17) is 4.52 Å². The molecule has 4 rings (SSSR count). The summed E-state index contributed by atoms with van der Waals surface area (Å²) in [4.78, 5) is 21.0. The number of nitrogens with one attached hydrogen (secondary N) is 1. The minimum absolute atomic E-state index is 0.127. The van der Waals surface area contributed by atoms with E-state index in [1.165, 1.54) is 0 Å². The molecule has 3 aromatic heterocycles. The molecule has 1 amide bonds. The summed E-state index contributed by atoms with van der Waals surface area (Å²) in [5.41, 5.74) is 2.05. The average molecular weight is 352 g/mol. The predicted molar refractivity (Wildman–Crippen MR) is 94.0 cm³/mol. The van der Waals surface area contributed by atoms with Crippen molar-refractivity contribution >= 4 is 5.91 Å². The van der Waals surface area contributed by atoms with Crippen LogP contribution in [0.15, 0.2) is 29.0 Å². The van der Waals surface area contributed by atoms with E-state index in [1.807, 2.05) is 26.0 Å².